The normalized spacial score (nSPS) is 11.3. The Bertz CT molecular complexity index is 1170. The van der Waals surface area contributed by atoms with Crippen LogP contribution in [0.4, 0.5) is 4.79 Å². The van der Waals surface area contributed by atoms with Gasteiger partial charge < -0.3 is 10.3 Å². The van der Waals surface area contributed by atoms with Gasteiger partial charge in [-0.05, 0) is 43.0 Å². The van der Waals surface area contributed by atoms with Crippen LogP contribution in [-0.4, -0.2) is 19.4 Å². The van der Waals surface area contributed by atoms with Crippen molar-refractivity contribution >= 4 is 27.0 Å². The molecule has 27 heavy (non-hydrogen) atoms. The van der Waals surface area contributed by atoms with Crippen LogP contribution in [0, 0.1) is 13.8 Å². The van der Waals surface area contributed by atoms with E-state index >= 15 is 0 Å². The Labute approximate surface area is 156 Å². The van der Waals surface area contributed by atoms with E-state index in [9.17, 15) is 18.0 Å². The smallest absolute Gasteiger partial charge is 0.328 e. The Morgan fingerprint density at radius 2 is 1.78 bits per heavy atom. The number of para-hydroxylation sites is 1. The Morgan fingerprint density at radius 1 is 1.07 bits per heavy atom. The molecule has 0 atom stereocenters. The standard InChI is InChI=1S/C19H19N3O4S/c1-12-6-8-16(9-7-12)27(25,26)22-19(24)20-11-15-10-14-5-3-4-13(2)17(14)21-18(15)23/h3-10H,11H2,1-2H3,(H,21,23)(H2,20,22,24). The average Bonchev–Trinajstić information content (AvgIpc) is 2.61. The van der Waals surface area contributed by atoms with Gasteiger partial charge in [0, 0.05) is 5.56 Å². The quantitative estimate of drug-likeness (QED) is 0.640. The molecule has 0 radical (unpaired) electrons. The van der Waals surface area contributed by atoms with E-state index in [0.29, 0.717) is 5.56 Å². The largest absolute Gasteiger partial charge is 0.333 e. The van der Waals surface area contributed by atoms with E-state index in [0.717, 1.165) is 22.0 Å². The molecule has 2 aromatic carbocycles. The van der Waals surface area contributed by atoms with Gasteiger partial charge in [0.15, 0.2) is 0 Å². The highest BCUT2D eigenvalue weighted by Gasteiger charge is 2.17. The molecule has 0 saturated carbocycles. The van der Waals surface area contributed by atoms with Crippen LogP contribution in [0.25, 0.3) is 10.9 Å². The van der Waals surface area contributed by atoms with Crippen molar-refractivity contribution in [3.8, 4) is 0 Å². The maximum atomic E-state index is 12.2. The number of fused-ring (bicyclic) bond motifs is 1. The van der Waals surface area contributed by atoms with Crippen LogP contribution in [0.15, 0.2) is 58.2 Å². The third kappa shape index (κ3) is 4.17. The third-order valence-electron chi connectivity index (χ3n) is 4.16. The van der Waals surface area contributed by atoms with Crippen LogP contribution in [0.5, 0.6) is 0 Å². The summed E-state index contributed by atoms with van der Waals surface area (Å²) in [6.07, 6.45) is 0. The van der Waals surface area contributed by atoms with Crippen LogP contribution >= 0.6 is 0 Å². The monoisotopic (exact) mass is 385 g/mol. The maximum Gasteiger partial charge on any atom is 0.328 e. The summed E-state index contributed by atoms with van der Waals surface area (Å²) >= 11 is 0. The molecule has 3 aromatic rings. The molecule has 0 fully saturated rings. The first kappa shape index (κ1) is 18.7. The first-order chi connectivity index (χ1) is 12.8. The molecule has 1 heterocycles. The van der Waals surface area contributed by atoms with Gasteiger partial charge in [-0.2, -0.15) is 0 Å². The Balaban J connectivity index is 1.72. The number of nitrogens with one attached hydrogen (secondary N) is 3. The number of aromatic amines is 1. The zero-order chi connectivity index (χ0) is 19.6. The molecule has 0 aliphatic rings. The number of urea groups is 1. The highest BCUT2D eigenvalue weighted by atomic mass is 32.2. The van der Waals surface area contributed by atoms with Crippen molar-refractivity contribution in [1.82, 2.24) is 15.0 Å². The van der Waals surface area contributed by atoms with E-state index in [1.165, 1.54) is 12.1 Å². The Morgan fingerprint density at radius 3 is 2.48 bits per heavy atom. The molecule has 0 unspecified atom stereocenters. The van der Waals surface area contributed by atoms with Crippen molar-refractivity contribution in [3.63, 3.8) is 0 Å². The first-order valence-corrected chi connectivity index (χ1v) is 9.73. The fourth-order valence-electron chi connectivity index (χ4n) is 2.67. The summed E-state index contributed by atoms with van der Waals surface area (Å²) in [5.74, 6) is 0. The van der Waals surface area contributed by atoms with Crippen molar-refractivity contribution in [2.45, 2.75) is 25.3 Å². The topological polar surface area (TPSA) is 108 Å². The van der Waals surface area contributed by atoms with Crippen molar-refractivity contribution in [3.05, 3.63) is 75.6 Å². The predicted octanol–water partition coefficient (Wildman–Crippen LogP) is 2.33. The number of hydrogen-bond donors (Lipinski definition) is 3. The van der Waals surface area contributed by atoms with Gasteiger partial charge in [-0.25, -0.2) is 17.9 Å². The van der Waals surface area contributed by atoms with Gasteiger partial charge in [0.25, 0.3) is 15.6 Å². The fraction of sp³-hybridized carbons (Fsp3) is 0.158. The molecule has 3 rings (SSSR count). The van der Waals surface area contributed by atoms with Crippen LogP contribution in [0.1, 0.15) is 16.7 Å². The summed E-state index contributed by atoms with van der Waals surface area (Å²) in [5, 5.41) is 3.24. The molecular weight excluding hydrogens is 366 g/mol. The van der Waals surface area contributed by atoms with Crippen molar-refractivity contribution < 1.29 is 13.2 Å². The summed E-state index contributed by atoms with van der Waals surface area (Å²) in [6.45, 7) is 3.62. The van der Waals surface area contributed by atoms with E-state index < -0.39 is 16.1 Å². The molecule has 8 heteroatoms. The van der Waals surface area contributed by atoms with Gasteiger partial charge in [-0.15, -0.1) is 0 Å². The highest BCUT2D eigenvalue weighted by Crippen LogP contribution is 2.15. The first-order valence-electron chi connectivity index (χ1n) is 8.25. The number of pyridine rings is 1. The summed E-state index contributed by atoms with van der Waals surface area (Å²) in [5.41, 5.74) is 2.57. The zero-order valence-corrected chi connectivity index (χ0v) is 15.7. The van der Waals surface area contributed by atoms with Crippen LogP contribution in [-0.2, 0) is 16.6 Å². The predicted molar refractivity (Wildman–Crippen MR) is 103 cm³/mol. The second kappa shape index (κ2) is 7.24. The molecule has 0 aliphatic heterocycles. The van der Waals surface area contributed by atoms with Crippen LogP contribution in [0.3, 0.4) is 0 Å². The van der Waals surface area contributed by atoms with Crippen molar-refractivity contribution in [2.24, 2.45) is 0 Å². The average molecular weight is 385 g/mol. The number of rotatable bonds is 4. The van der Waals surface area contributed by atoms with Gasteiger partial charge in [0.2, 0.25) is 0 Å². The molecule has 2 amide bonds. The lowest BCUT2D eigenvalue weighted by Crippen LogP contribution is -2.39. The second-order valence-electron chi connectivity index (χ2n) is 6.26. The van der Waals surface area contributed by atoms with E-state index in [1.54, 1.807) is 18.2 Å². The molecular formula is C19H19N3O4S. The second-order valence-corrected chi connectivity index (χ2v) is 7.95. The minimum absolute atomic E-state index is 0.0118. The summed E-state index contributed by atoms with van der Waals surface area (Å²) in [4.78, 5) is 27.0. The molecule has 140 valence electrons. The van der Waals surface area contributed by atoms with Gasteiger partial charge in [-0.3, -0.25) is 4.79 Å². The van der Waals surface area contributed by atoms with Gasteiger partial charge in [0.1, 0.15) is 0 Å². The fourth-order valence-corrected chi connectivity index (χ4v) is 3.60. The van der Waals surface area contributed by atoms with Crippen molar-refractivity contribution in [2.75, 3.05) is 0 Å². The molecule has 0 spiro atoms. The molecule has 1 aromatic heterocycles. The zero-order valence-electron chi connectivity index (χ0n) is 14.9. The number of H-pyrrole nitrogens is 1. The summed E-state index contributed by atoms with van der Waals surface area (Å²) < 4.78 is 26.3. The molecule has 3 N–H and O–H groups in total. The number of aromatic nitrogens is 1. The molecule has 0 saturated heterocycles. The summed E-state index contributed by atoms with van der Waals surface area (Å²) in [7, 11) is -3.98. The molecule has 7 nitrogen and oxygen atoms in total. The Kier molecular flexibility index (Phi) is 5.00. The highest BCUT2D eigenvalue weighted by molar-refractivity contribution is 7.90. The lowest BCUT2D eigenvalue weighted by Gasteiger charge is -2.09. The van der Waals surface area contributed by atoms with Crippen LogP contribution < -0.4 is 15.6 Å². The lowest BCUT2D eigenvalue weighted by atomic mass is 10.1. The number of hydrogen-bond acceptors (Lipinski definition) is 4. The Hall–Kier alpha value is -3.13. The lowest BCUT2D eigenvalue weighted by molar-refractivity contribution is 0.245. The van der Waals surface area contributed by atoms with E-state index in [2.05, 4.69) is 10.3 Å². The number of benzene rings is 2. The van der Waals surface area contributed by atoms with E-state index in [-0.39, 0.29) is 17.0 Å². The minimum Gasteiger partial charge on any atom is -0.333 e. The number of carbonyl (C=O) groups is 1. The van der Waals surface area contributed by atoms with Gasteiger partial charge >= 0.3 is 6.03 Å². The van der Waals surface area contributed by atoms with E-state index in [1.807, 2.05) is 36.8 Å². The molecule has 0 aliphatic carbocycles. The number of amides is 2. The number of sulfonamides is 1. The SMILES string of the molecule is Cc1ccc(S(=O)(=O)NC(=O)NCc2cc3cccc(C)c3[nH]c2=O)cc1. The maximum absolute atomic E-state index is 12.2. The van der Waals surface area contributed by atoms with E-state index in [4.69, 9.17) is 0 Å². The van der Waals surface area contributed by atoms with Crippen molar-refractivity contribution in [1.29, 1.82) is 0 Å². The summed E-state index contributed by atoms with van der Waals surface area (Å²) in [6, 6.07) is 12.5. The van der Waals surface area contributed by atoms with Crippen LogP contribution in [0.2, 0.25) is 0 Å². The third-order valence-corrected chi connectivity index (χ3v) is 5.51. The number of aryl methyl sites for hydroxylation is 2. The van der Waals surface area contributed by atoms with Gasteiger partial charge in [0.05, 0.1) is 17.0 Å². The van der Waals surface area contributed by atoms with Gasteiger partial charge in [-0.1, -0.05) is 35.9 Å². The minimum atomic E-state index is -3.98. The molecule has 0 bridgehead atoms. The number of carbonyl (C=O) groups excluding carboxylic acids is 1.